The van der Waals surface area contributed by atoms with Gasteiger partial charge >= 0.3 is 0 Å². The van der Waals surface area contributed by atoms with Crippen molar-refractivity contribution in [1.82, 2.24) is 15.2 Å². The van der Waals surface area contributed by atoms with Gasteiger partial charge in [-0.2, -0.15) is 0 Å². The van der Waals surface area contributed by atoms with Gasteiger partial charge in [-0.1, -0.05) is 30.6 Å². The summed E-state index contributed by atoms with van der Waals surface area (Å²) in [7, 11) is 3.99. The van der Waals surface area contributed by atoms with Crippen molar-refractivity contribution in [3.05, 3.63) is 10.6 Å². The molecule has 1 heterocycles. The highest BCUT2D eigenvalue weighted by Gasteiger charge is 2.18. The van der Waals surface area contributed by atoms with E-state index in [0.29, 0.717) is 12.6 Å². The number of hydrogen-bond donors (Lipinski definition) is 2. The highest BCUT2D eigenvalue weighted by Crippen LogP contribution is 2.26. The Labute approximate surface area is 131 Å². The van der Waals surface area contributed by atoms with E-state index in [1.54, 1.807) is 0 Å². The summed E-state index contributed by atoms with van der Waals surface area (Å²) >= 11 is 1.47. The minimum atomic E-state index is -0.0106. The van der Waals surface area contributed by atoms with Crippen molar-refractivity contribution in [2.45, 2.75) is 45.1 Å². The molecule has 0 saturated heterocycles. The third-order valence-corrected chi connectivity index (χ3v) is 4.87. The molecule has 1 aliphatic carbocycles. The minimum Gasteiger partial charge on any atom is -0.359 e. The fourth-order valence-electron chi connectivity index (χ4n) is 2.56. The van der Waals surface area contributed by atoms with Crippen LogP contribution in [0.5, 0.6) is 0 Å². The van der Waals surface area contributed by atoms with Gasteiger partial charge in [0.2, 0.25) is 0 Å². The average molecular weight is 310 g/mol. The van der Waals surface area contributed by atoms with Crippen molar-refractivity contribution in [3.63, 3.8) is 0 Å². The van der Waals surface area contributed by atoms with Gasteiger partial charge in [-0.25, -0.2) is 4.98 Å². The van der Waals surface area contributed by atoms with Crippen LogP contribution in [0.4, 0.5) is 5.13 Å². The second-order valence-electron chi connectivity index (χ2n) is 5.97. The van der Waals surface area contributed by atoms with Crippen molar-refractivity contribution >= 4 is 22.4 Å². The van der Waals surface area contributed by atoms with Gasteiger partial charge in [-0.3, -0.25) is 4.79 Å². The number of nitrogens with one attached hydrogen (secondary N) is 2. The molecule has 118 valence electrons. The Hall–Kier alpha value is -1.14. The molecule has 6 heteroatoms. The first-order valence-electron chi connectivity index (χ1n) is 7.73. The fourth-order valence-corrected chi connectivity index (χ4v) is 3.52. The maximum Gasteiger partial charge on any atom is 0.263 e. The number of aromatic nitrogens is 1. The van der Waals surface area contributed by atoms with E-state index >= 15 is 0 Å². The predicted molar refractivity (Wildman–Crippen MR) is 88.2 cm³/mol. The molecule has 1 aromatic rings. The molecule has 2 rings (SSSR count). The molecule has 0 atom stereocenters. The summed E-state index contributed by atoms with van der Waals surface area (Å²) in [6.07, 6.45) is 6.35. The molecular weight excluding hydrogens is 284 g/mol. The molecule has 2 N–H and O–H groups in total. The Kier molecular flexibility index (Phi) is 5.99. The van der Waals surface area contributed by atoms with Crippen LogP contribution in [0.15, 0.2) is 0 Å². The second-order valence-corrected chi connectivity index (χ2v) is 6.97. The molecular formula is C15H26N4OS. The number of hydrogen-bond acceptors (Lipinski definition) is 5. The van der Waals surface area contributed by atoms with E-state index in [2.05, 4.69) is 20.5 Å². The lowest BCUT2D eigenvalue weighted by atomic mass is 9.96. The van der Waals surface area contributed by atoms with Crippen molar-refractivity contribution in [1.29, 1.82) is 0 Å². The Morgan fingerprint density at radius 3 is 2.71 bits per heavy atom. The zero-order chi connectivity index (χ0) is 15.2. The lowest BCUT2D eigenvalue weighted by Gasteiger charge is -2.22. The summed E-state index contributed by atoms with van der Waals surface area (Å²) < 4.78 is 0. The maximum atomic E-state index is 12.2. The quantitative estimate of drug-likeness (QED) is 0.847. The summed E-state index contributed by atoms with van der Waals surface area (Å²) in [6, 6.07) is 0.522. The molecule has 0 bridgehead atoms. The molecule has 1 fully saturated rings. The zero-order valence-electron chi connectivity index (χ0n) is 13.2. The summed E-state index contributed by atoms with van der Waals surface area (Å²) in [4.78, 5) is 19.5. The Morgan fingerprint density at radius 2 is 2.05 bits per heavy atom. The van der Waals surface area contributed by atoms with Crippen LogP contribution in [0, 0.1) is 6.92 Å². The standard InChI is InChI=1S/C15H26N4OS/c1-11-13(14(20)16-9-10-19(2)3)21-15(17-11)18-12-7-5-4-6-8-12/h12H,4-10H2,1-3H3,(H,16,20)(H,17,18). The number of aryl methyl sites for hydroxylation is 1. The van der Waals surface area contributed by atoms with Crippen molar-refractivity contribution in [2.75, 3.05) is 32.5 Å². The van der Waals surface area contributed by atoms with E-state index in [0.717, 1.165) is 22.2 Å². The van der Waals surface area contributed by atoms with E-state index in [9.17, 15) is 4.79 Å². The van der Waals surface area contributed by atoms with Crippen LogP contribution in [0.3, 0.4) is 0 Å². The number of rotatable bonds is 6. The molecule has 21 heavy (non-hydrogen) atoms. The number of likely N-dealkylation sites (N-methyl/N-ethyl adjacent to an activating group) is 1. The largest absolute Gasteiger partial charge is 0.359 e. The highest BCUT2D eigenvalue weighted by molar-refractivity contribution is 7.17. The molecule has 1 saturated carbocycles. The van der Waals surface area contributed by atoms with Crippen LogP contribution in [-0.2, 0) is 0 Å². The maximum absolute atomic E-state index is 12.2. The van der Waals surface area contributed by atoms with E-state index in [4.69, 9.17) is 0 Å². The monoisotopic (exact) mass is 310 g/mol. The molecule has 0 spiro atoms. The molecule has 0 radical (unpaired) electrons. The molecule has 1 amide bonds. The SMILES string of the molecule is Cc1nc(NC2CCCCC2)sc1C(=O)NCCN(C)C. The Morgan fingerprint density at radius 1 is 1.33 bits per heavy atom. The first-order chi connectivity index (χ1) is 10.1. The number of anilines is 1. The van der Waals surface area contributed by atoms with Crippen LogP contribution in [0.2, 0.25) is 0 Å². The lowest BCUT2D eigenvalue weighted by Crippen LogP contribution is -2.31. The third kappa shape index (κ3) is 4.97. The average Bonchev–Trinajstić information content (AvgIpc) is 2.80. The summed E-state index contributed by atoms with van der Waals surface area (Å²) in [6.45, 7) is 3.41. The van der Waals surface area contributed by atoms with Crippen LogP contribution >= 0.6 is 11.3 Å². The number of amides is 1. The van der Waals surface area contributed by atoms with Gasteiger partial charge in [0.15, 0.2) is 5.13 Å². The zero-order valence-corrected chi connectivity index (χ0v) is 14.1. The van der Waals surface area contributed by atoms with E-state index < -0.39 is 0 Å². The number of carbonyl (C=O) groups is 1. The lowest BCUT2D eigenvalue weighted by molar-refractivity contribution is 0.0954. The normalized spacial score (nSPS) is 16.2. The van der Waals surface area contributed by atoms with E-state index in [1.165, 1.54) is 43.4 Å². The van der Waals surface area contributed by atoms with Crippen LogP contribution in [0.1, 0.15) is 47.5 Å². The summed E-state index contributed by atoms with van der Waals surface area (Å²) in [5.74, 6) is -0.0106. The number of carbonyl (C=O) groups excluding carboxylic acids is 1. The van der Waals surface area contributed by atoms with E-state index in [1.807, 2.05) is 21.0 Å². The minimum absolute atomic E-state index is 0.0106. The summed E-state index contributed by atoms with van der Waals surface area (Å²) in [5, 5.41) is 7.33. The summed E-state index contributed by atoms with van der Waals surface area (Å²) in [5.41, 5.74) is 0.820. The predicted octanol–water partition coefficient (Wildman–Crippen LogP) is 2.49. The molecule has 0 unspecified atom stereocenters. The Bertz CT molecular complexity index is 466. The molecule has 0 aromatic carbocycles. The topological polar surface area (TPSA) is 57.3 Å². The molecule has 5 nitrogen and oxygen atoms in total. The molecule has 1 aliphatic rings. The van der Waals surface area contributed by atoms with Gasteiger partial charge in [0.25, 0.3) is 5.91 Å². The van der Waals surface area contributed by atoms with Gasteiger partial charge in [-0.15, -0.1) is 0 Å². The van der Waals surface area contributed by atoms with Crippen molar-refractivity contribution < 1.29 is 4.79 Å². The number of thiazole rings is 1. The van der Waals surface area contributed by atoms with Crippen LogP contribution in [-0.4, -0.2) is 49.0 Å². The molecule has 0 aliphatic heterocycles. The second kappa shape index (κ2) is 7.75. The first kappa shape index (κ1) is 16.2. The first-order valence-corrected chi connectivity index (χ1v) is 8.55. The highest BCUT2D eigenvalue weighted by atomic mass is 32.1. The third-order valence-electron chi connectivity index (χ3n) is 3.78. The van der Waals surface area contributed by atoms with Gasteiger partial charge in [-0.05, 0) is 33.9 Å². The van der Waals surface area contributed by atoms with Gasteiger partial charge in [0, 0.05) is 19.1 Å². The number of nitrogens with zero attached hydrogens (tertiary/aromatic N) is 2. The van der Waals surface area contributed by atoms with Crippen molar-refractivity contribution in [3.8, 4) is 0 Å². The van der Waals surface area contributed by atoms with Crippen LogP contribution < -0.4 is 10.6 Å². The Balaban J connectivity index is 1.90. The van der Waals surface area contributed by atoms with Crippen molar-refractivity contribution in [2.24, 2.45) is 0 Å². The van der Waals surface area contributed by atoms with E-state index in [-0.39, 0.29) is 5.91 Å². The van der Waals surface area contributed by atoms with Gasteiger partial charge in [0.1, 0.15) is 4.88 Å². The fraction of sp³-hybridized carbons (Fsp3) is 0.733. The van der Waals surface area contributed by atoms with Gasteiger partial charge < -0.3 is 15.5 Å². The van der Waals surface area contributed by atoms with Gasteiger partial charge in [0.05, 0.1) is 5.69 Å². The smallest absolute Gasteiger partial charge is 0.263 e. The molecule has 1 aromatic heterocycles. The van der Waals surface area contributed by atoms with Crippen LogP contribution in [0.25, 0.3) is 0 Å².